The molecule has 0 spiro atoms. The Hall–Kier alpha value is -0.0800. The van der Waals surface area contributed by atoms with Crippen molar-refractivity contribution >= 4 is 0 Å². The maximum absolute atomic E-state index is 11.4. The lowest BCUT2D eigenvalue weighted by Gasteiger charge is -2.28. The molecule has 0 radical (unpaired) electrons. The zero-order valence-electron chi connectivity index (χ0n) is 59.3. The number of aliphatic hydroxyl groups excluding tert-OH is 1. The van der Waals surface area contributed by atoms with Crippen LogP contribution in [0.2, 0.25) is 0 Å². The maximum Gasteiger partial charge on any atom is 0.0647 e. The van der Waals surface area contributed by atoms with Gasteiger partial charge in [0.1, 0.15) is 0 Å². The van der Waals surface area contributed by atoms with Crippen molar-refractivity contribution in [3.8, 4) is 0 Å². The van der Waals surface area contributed by atoms with Gasteiger partial charge in [-0.25, -0.2) is 0 Å². The van der Waals surface area contributed by atoms with Crippen molar-refractivity contribution in [3.63, 3.8) is 0 Å². The van der Waals surface area contributed by atoms with Crippen molar-refractivity contribution in [2.45, 2.75) is 509 Å². The lowest BCUT2D eigenvalue weighted by Crippen LogP contribution is -2.28. The summed E-state index contributed by atoms with van der Waals surface area (Å²) in [4.78, 5) is 0. The molecule has 0 aromatic carbocycles. The van der Waals surface area contributed by atoms with Crippen molar-refractivity contribution < 1.29 is 10.2 Å². The van der Waals surface area contributed by atoms with Crippen molar-refractivity contribution in [2.24, 2.45) is 5.92 Å². The van der Waals surface area contributed by atoms with Gasteiger partial charge in [0.05, 0.1) is 5.60 Å². The molecule has 0 atom stereocenters. The van der Waals surface area contributed by atoms with E-state index in [1.165, 1.54) is 443 Å². The summed E-state index contributed by atoms with van der Waals surface area (Å²) in [6.07, 6.45) is 103. The first-order chi connectivity index (χ1) is 41.0. The summed E-state index contributed by atoms with van der Waals surface area (Å²) >= 11 is 0. The van der Waals surface area contributed by atoms with Crippen LogP contribution in [0.5, 0.6) is 0 Å². The average molecular weight is 1170 g/mol. The van der Waals surface area contributed by atoms with E-state index in [-0.39, 0.29) is 5.60 Å². The SMILES string of the molecule is CCCCCCCCCCCCCCCCCCC(CCCO)CCCCCCCCCCCCCCCCCC.CCCCCCCCCCCCCCCCCCC(O)(CCCC)CCCCCCCCCCCCCCCCCC. The van der Waals surface area contributed by atoms with E-state index in [0.29, 0.717) is 6.61 Å². The lowest BCUT2D eigenvalue weighted by atomic mass is 9.85. The smallest absolute Gasteiger partial charge is 0.0647 e. The summed E-state index contributed by atoms with van der Waals surface area (Å²) in [6, 6.07) is 0. The molecule has 83 heavy (non-hydrogen) atoms. The topological polar surface area (TPSA) is 40.5 Å². The summed E-state index contributed by atoms with van der Waals surface area (Å²) in [5.41, 5.74) is -0.373. The Labute approximate surface area is 529 Å². The van der Waals surface area contributed by atoms with E-state index in [0.717, 1.165) is 31.6 Å². The van der Waals surface area contributed by atoms with Gasteiger partial charge in [0.25, 0.3) is 0 Å². The van der Waals surface area contributed by atoms with Crippen LogP contribution in [0.15, 0.2) is 0 Å². The number of hydrogen-bond acceptors (Lipinski definition) is 2. The zero-order chi connectivity index (χ0) is 60.4. The fourth-order valence-corrected chi connectivity index (χ4v) is 13.7. The molecular formula is C81H166O2. The molecule has 0 aliphatic rings. The first-order valence-electron chi connectivity index (χ1n) is 40.4. The highest BCUT2D eigenvalue weighted by molar-refractivity contribution is 4.78. The standard InChI is InChI=1S/C41H84O.C40H82O/c1-4-7-10-12-14-16-18-20-22-24-26-28-30-32-34-36-39-41(42,38-9-6-3)40-37-35-33-31-29-27-25-23-21-19-17-15-13-11-8-5-2;1-3-5-7-9-11-13-15-17-19-21-23-25-27-29-31-33-36-40(38-35-39-41)37-34-32-30-28-26-24-22-20-18-16-14-12-10-8-6-4-2/h42H,4-40H2,1-3H3;40-41H,3-39H2,1-2H3. The molecular weight excluding hydrogens is 1000 g/mol. The molecule has 0 amide bonds. The molecule has 0 aromatic rings. The van der Waals surface area contributed by atoms with Crippen molar-refractivity contribution in [1.29, 1.82) is 0 Å². The van der Waals surface area contributed by atoms with Gasteiger partial charge in [0, 0.05) is 6.61 Å². The van der Waals surface area contributed by atoms with Crippen LogP contribution in [0.1, 0.15) is 503 Å². The van der Waals surface area contributed by atoms with Crippen LogP contribution in [-0.4, -0.2) is 22.4 Å². The molecule has 0 bridgehead atoms. The fourth-order valence-electron chi connectivity index (χ4n) is 13.7. The molecule has 2 heteroatoms. The van der Waals surface area contributed by atoms with E-state index >= 15 is 0 Å². The van der Waals surface area contributed by atoms with Crippen LogP contribution < -0.4 is 0 Å². The first kappa shape index (κ1) is 85.0. The van der Waals surface area contributed by atoms with Gasteiger partial charge >= 0.3 is 0 Å². The summed E-state index contributed by atoms with van der Waals surface area (Å²) in [6.45, 7) is 11.9. The van der Waals surface area contributed by atoms with Gasteiger partial charge in [0.15, 0.2) is 0 Å². The van der Waals surface area contributed by atoms with Crippen molar-refractivity contribution in [1.82, 2.24) is 0 Å². The summed E-state index contributed by atoms with van der Waals surface area (Å²) in [7, 11) is 0. The predicted octanol–water partition coefficient (Wildman–Crippen LogP) is 29.9. The van der Waals surface area contributed by atoms with E-state index in [2.05, 4.69) is 34.6 Å². The Morgan fingerprint density at radius 1 is 0.181 bits per heavy atom. The highest BCUT2D eigenvalue weighted by Crippen LogP contribution is 2.29. The van der Waals surface area contributed by atoms with E-state index in [4.69, 9.17) is 0 Å². The number of hydrogen-bond donors (Lipinski definition) is 2. The molecule has 0 aliphatic heterocycles. The van der Waals surface area contributed by atoms with Crippen molar-refractivity contribution in [3.05, 3.63) is 0 Å². The van der Waals surface area contributed by atoms with Gasteiger partial charge in [-0.2, -0.15) is 0 Å². The molecule has 0 heterocycles. The summed E-state index contributed by atoms with van der Waals surface area (Å²) in [5, 5.41) is 20.7. The van der Waals surface area contributed by atoms with Gasteiger partial charge in [-0.3, -0.25) is 0 Å². The highest BCUT2D eigenvalue weighted by Gasteiger charge is 2.25. The van der Waals surface area contributed by atoms with Crippen molar-refractivity contribution in [2.75, 3.05) is 6.61 Å². The third-order valence-corrected chi connectivity index (χ3v) is 19.7. The second-order valence-corrected chi connectivity index (χ2v) is 28.4. The summed E-state index contributed by atoms with van der Waals surface area (Å²) < 4.78 is 0. The van der Waals surface area contributed by atoms with E-state index in [1.807, 2.05) is 0 Å². The Morgan fingerprint density at radius 2 is 0.325 bits per heavy atom. The van der Waals surface area contributed by atoms with Gasteiger partial charge in [0.2, 0.25) is 0 Å². The predicted molar refractivity (Wildman–Crippen MR) is 381 cm³/mol. The Kier molecular flexibility index (Phi) is 79.9. The summed E-state index contributed by atoms with van der Waals surface area (Å²) in [5.74, 6) is 0.875. The van der Waals surface area contributed by atoms with Crippen LogP contribution in [0, 0.1) is 5.92 Å². The molecule has 0 saturated heterocycles. The van der Waals surface area contributed by atoms with Gasteiger partial charge < -0.3 is 10.2 Å². The number of rotatable bonds is 74. The second-order valence-electron chi connectivity index (χ2n) is 28.4. The molecule has 2 nitrogen and oxygen atoms in total. The minimum Gasteiger partial charge on any atom is -0.396 e. The van der Waals surface area contributed by atoms with Crippen LogP contribution >= 0.6 is 0 Å². The van der Waals surface area contributed by atoms with Crippen LogP contribution in [0.4, 0.5) is 0 Å². The van der Waals surface area contributed by atoms with Gasteiger partial charge in [-0.15, -0.1) is 0 Å². The molecule has 0 unspecified atom stereocenters. The third-order valence-electron chi connectivity index (χ3n) is 19.7. The Balaban J connectivity index is 0. The number of aliphatic hydroxyl groups is 2. The molecule has 0 aromatic heterocycles. The fraction of sp³-hybridized carbons (Fsp3) is 1.00. The van der Waals surface area contributed by atoms with Gasteiger partial charge in [-0.05, 0) is 38.0 Å². The van der Waals surface area contributed by atoms with Crippen LogP contribution in [0.3, 0.4) is 0 Å². The highest BCUT2D eigenvalue weighted by atomic mass is 16.3. The van der Waals surface area contributed by atoms with E-state index in [9.17, 15) is 10.2 Å². The number of unbranched alkanes of at least 4 members (excludes halogenated alkanes) is 61. The Bertz CT molecular complexity index is 998. The average Bonchev–Trinajstić information content (AvgIpc) is 3.51. The third kappa shape index (κ3) is 76.1. The minimum atomic E-state index is -0.373. The first-order valence-corrected chi connectivity index (χ1v) is 40.4. The Morgan fingerprint density at radius 3 is 0.506 bits per heavy atom. The largest absolute Gasteiger partial charge is 0.396 e. The molecule has 0 fully saturated rings. The second kappa shape index (κ2) is 78.0. The molecule has 0 saturated carbocycles. The quantitative estimate of drug-likeness (QED) is 0.0596. The molecule has 502 valence electrons. The van der Waals surface area contributed by atoms with Crippen LogP contribution in [0.25, 0.3) is 0 Å². The normalized spacial score (nSPS) is 11.9. The monoisotopic (exact) mass is 1170 g/mol. The lowest BCUT2D eigenvalue weighted by molar-refractivity contribution is 0.00745. The van der Waals surface area contributed by atoms with Crippen LogP contribution in [-0.2, 0) is 0 Å². The van der Waals surface area contributed by atoms with E-state index in [1.54, 1.807) is 0 Å². The minimum absolute atomic E-state index is 0.373. The molecule has 0 rings (SSSR count). The zero-order valence-corrected chi connectivity index (χ0v) is 59.3. The maximum atomic E-state index is 11.4. The van der Waals surface area contributed by atoms with E-state index < -0.39 is 0 Å². The molecule has 2 N–H and O–H groups in total. The molecule has 0 aliphatic carbocycles. The van der Waals surface area contributed by atoms with Gasteiger partial charge in [-0.1, -0.05) is 471 Å².